The van der Waals surface area contributed by atoms with E-state index in [0.717, 1.165) is 22.3 Å². The van der Waals surface area contributed by atoms with Crippen molar-refractivity contribution < 1.29 is 20.4 Å². The van der Waals surface area contributed by atoms with Gasteiger partial charge in [0.05, 0.1) is 22.8 Å². The van der Waals surface area contributed by atoms with E-state index in [9.17, 15) is 20.4 Å². The molecule has 0 spiro atoms. The Morgan fingerprint density at radius 2 is 0.476 bits per heavy atom. The van der Waals surface area contributed by atoms with E-state index in [4.69, 9.17) is 9.97 Å². The van der Waals surface area contributed by atoms with Crippen molar-refractivity contribution >= 4 is 48.6 Å². The second-order valence-electron chi connectivity index (χ2n) is 9.46. The molecule has 0 unspecified atom stereocenters. The summed E-state index contributed by atoms with van der Waals surface area (Å²) in [6.07, 6.45) is 15.1. The molecule has 0 fully saturated rings. The maximum absolute atomic E-state index is 9.65. The fourth-order valence-electron chi connectivity index (χ4n) is 4.02. The Hall–Kier alpha value is -5.88. The van der Waals surface area contributed by atoms with Crippen LogP contribution in [-0.4, -0.2) is 30.4 Å². The molecule has 4 N–H and O–H groups in total. The zero-order valence-corrected chi connectivity index (χ0v) is 22.5. The lowest BCUT2D eigenvalue weighted by Crippen LogP contribution is -1.99. The van der Waals surface area contributed by atoms with Crippen LogP contribution in [0.5, 0.6) is 23.0 Å². The number of benzene rings is 4. The number of hydrogen-bond acceptors (Lipinski definition) is 6. The van der Waals surface area contributed by atoms with Crippen LogP contribution in [0.3, 0.4) is 0 Å². The van der Waals surface area contributed by atoms with Crippen LogP contribution in [0.25, 0.3) is 48.6 Å². The van der Waals surface area contributed by atoms with Gasteiger partial charge in [-0.05, 0) is 95.1 Å². The number of nitrogens with zero attached hydrogens (tertiary/aromatic N) is 2. The average molecular weight is 553 g/mol. The van der Waals surface area contributed by atoms with Crippen molar-refractivity contribution in [2.24, 2.45) is 0 Å². The lowest BCUT2D eigenvalue weighted by atomic mass is 10.1. The molecule has 0 amide bonds. The van der Waals surface area contributed by atoms with Crippen molar-refractivity contribution in [2.45, 2.75) is 0 Å². The second kappa shape index (κ2) is 13.0. The summed E-state index contributed by atoms with van der Waals surface area (Å²) in [5.41, 5.74) is 6.08. The molecule has 0 aliphatic heterocycles. The quantitative estimate of drug-likeness (QED) is 0.155. The van der Waals surface area contributed by atoms with Gasteiger partial charge in [0.15, 0.2) is 0 Å². The highest BCUT2D eigenvalue weighted by Gasteiger charge is 2.08. The van der Waals surface area contributed by atoms with Crippen LogP contribution in [0.4, 0.5) is 0 Å². The second-order valence-corrected chi connectivity index (χ2v) is 9.46. The Labute approximate surface area is 243 Å². The Morgan fingerprint density at radius 3 is 0.667 bits per heavy atom. The minimum absolute atomic E-state index is 0.191. The predicted octanol–water partition coefficient (Wildman–Crippen LogP) is 7.98. The third-order valence-corrected chi connectivity index (χ3v) is 6.31. The van der Waals surface area contributed by atoms with Gasteiger partial charge in [-0.2, -0.15) is 0 Å². The molecular formula is C36H28N2O4. The summed E-state index contributed by atoms with van der Waals surface area (Å²) in [4.78, 5) is 9.95. The minimum Gasteiger partial charge on any atom is -0.508 e. The van der Waals surface area contributed by atoms with Gasteiger partial charge in [-0.1, -0.05) is 72.8 Å². The molecule has 0 atom stereocenters. The monoisotopic (exact) mass is 552 g/mol. The van der Waals surface area contributed by atoms with Crippen LogP contribution in [0.2, 0.25) is 0 Å². The number of rotatable bonds is 8. The van der Waals surface area contributed by atoms with Crippen molar-refractivity contribution in [2.75, 3.05) is 0 Å². The average Bonchev–Trinajstić information content (AvgIpc) is 3.00. The van der Waals surface area contributed by atoms with E-state index in [2.05, 4.69) is 0 Å². The number of aromatic hydroxyl groups is 4. The summed E-state index contributed by atoms with van der Waals surface area (Å²) >= 11 is 0. The number of aromatic nitrogens is 2. The lowest BCUT2D eigenvalue weighted by Gasteiger charge is -2.08. The van der Waals surface area contributed by atoms with Gasteiger partial charge >= 0.3 is 0 Å². The van der Waals surface area contributed by atoms with E-state index in [1.54, 1.807) is 48.5 Å². The molecule has 4 aromatic carbocycles. The number of hydrogen-bond donors (Lipinski definition) is 4. The standard InChI is InChI=1S/C36H28N2O4/c39-29-13-1-25(2-14-29)9-21-33-34(22-10-26-3-15-30(40)16-4-26)38-36(24-12-28-7-19-32(42)20-8-28)35(37-33)23-11-27-5-17-31(41)18-6-27/h1-24,39-42H. The first-order chi connectivity index (χ1) is 20.4. The Balaban J connectivity index is 1.60. The SMILES string of the molecule is Oc1ccc(C=Cc2nc(C=Cc3ccc(O)cc3)c(C=Cc3ccc(O)cc3)nc2C=Cc2ccc(O)cc2)cc1. The molecule has 0 aliphatic carbocycles. The largest absolute Gasteiger partial charge is 0.508 e. The minimum atomic E-state index is 0.191. The van der Waals surface area contributed by atoms with Gasteiger partial charge in [-0.3, -0.25) is 0 Å². The first-order valence-corrected chi connectivity index (χ1v) is 13.2. The Morgan fingerprint density at radius 1 is 0.286 bits per heavy atom. The molecular weight excluding hydrogens is 524 g/mol. The number of phenols is 4. The normalized spacial score (nSPS) is 11.8. The molecule has 0 radical (unpaired) electrons. The van der Waals surface area contributed by atoms with Gasteiger partial charge in [-0.25, -0.2) is 9.97 Å². The van der Waals surface area contributed by atoms with E-state index in [0.29, 0.717) is 22.8 Å². The molecule has 0 saturated carbocycles. The van der Waals surface area contributed by atoms with Crippen LogP contribution in [0.15, 0.2) is 97.1 Å². The van der Waals surface area contributed by atoms with Gasteiger partial charge in [0.25, 0.3) is 0 Å². The van der Waals surface area contributed by atoms with Crippen LogP contribution < -0.4 is 0 Å². The first kappa shape index (κ1) is 27.7. The van der Waals surface area contributed by atoms with Gasteiger partial charge in [-0.15, -0.1) is 0 Å². The van der Waals surface area contributed by atoms with Crippen molar-refractivity contribution in [1.29, 1.82) is 0 Å². The maximum atomic E-state index is 9.65. The summed E-state index contributed by atoms with van der Waals surface area (Å²) in [6, 6.07) is 27.5. The van der Waals surface area contributed by atoms with E-state index < -0.39 is 0 Å². The van der Waals surface area contributed by atoms with Crippen LogP contribution in [-0.2, 0) is 0 Å². The first-order valence-electron chi connectivity index (χ1n) is 13.2. The highest BCUT2D eigenvalue weighted by Crippen LogP contribution is 2.22. The van der Waals surface area contributed by atoms with E-state index in [1.165, 1.54) is 0 Å². The molecule has 1 heterocycles. The van der Waals surface area contributed by atoms with Crippen molar-refractivity contribution in [3.63, 3.8) is 0 Å². The third kappa shape index (κ3) is 7.61. The van der Waals surface area contributed by atoms with Gasteiger partial charge in [0.1, 0.15) is 23.0 Å². The lowest BCUT2D eigenvalue weighted by molar-refractivity contribution is 0.474. The molecule has 206 valence electrons. The van der Waals surface area contributed by atoms with Crippen molar-refractivity contribution in [3.8, 4) is 23.0 Å². The summed E-state index contributed by atoms with van der Waals surface area (Å²) in [5, 5.41) is 38.6. The van der Waals surface area contributed by atoms with Crippen molar-refractivity contribution in [1.82, 2.24) is 9.97 Å². The highest BCUT2D eigenvalue weighted by atomic mass is 16.3. The summed E-state index contributed by atoms with van der Waals surface area (Å²) in [7, 11) is 0. The zero-order valence-electron chi connectivity index (χ0n) is 22.5. The van der Waals surface area contributed by atoms with E-state index in [-0.39, 0.29) is 23.0 Å². The smallest absolute Gasteiger partial charge is 0.115 e. The molecule has 1 aromatic heterocycles. The molecule has 6 heteroatoms. The predicted molar refractivity (Wildman–Crippen MR) is 170 cm³/mol. The molecule has 0 saturated heterocycles. The van der Waals surface area contributed by atoms with E-state index >= 15 is 0 Å². The van der Waals surface area contributed by atoms with Crippen molar-refractivity contribution in [3.05, 3.63) is 142 Å². The van der Waals surface area contributed by atoms with E-state index in [1.807, 2.05) is 97.1 Å². The molecule has 42 heavy (non-hydrogen) atoms. The molecule has 6 nitrogen and oxygen atoms in total. The maximum Gasteiger partial charge on any atom is 0.115 e. The summed E-state index contributed by atoms with van der Waals surface area (Å²) in [6.45, 7) is 0. The highest BCUT2D eigenvalue weighted by molar-refractivity contribution is 5.81. The van der Waals surface area contributed by atoms with Gasteiger partial charge < -0.3 is 20.4 Å². The fourth-order valence-corrected chi connectivity index (χ4v) is 4.02. The van der Waals surface area contributed by atoms with Crippen LogP contribution in [0.1, 0.15) is 45.0 Å². The van der Waals surface area contributed by atoms with Crippen LogP contribution in [0, 0.1) is 0 Å². The topological polar surface area (TPSA) is 107 Å². The number of phenolic OH excluding ortho intramolecular Hbond substituents is 4. The van der Waals surface area contributed by atoms with Crippen LogP contribution >= 0.6 is 0 Å². The molecule has 5 rings (SSSR count). The zero-order chi connectivity index (χ0) is 29.3. The molecule has 5 aromatic rings. The molecule has 0 bridgehead atoms. The summed E-state index contributed by atoms with van der Waals surface area (Å²) < 4.78 is 0. The van der Waals surface area contributed by atoms with Gasteiger partial charge in [0.2, 0.25) is 0 Å². The Bertz CT molecular complexity index is 1500. The summed E-state index contributed by atoms with van der Waals surface area (Å²) in [5.74, 6) is 0.763. The Kier molecular flexibility index (Phi) is 8.56. The third-order valence-electron chi connectivity index (χ3n) is 6.31. The van der Waals surface area contributed by atoms with Gasteiger partial charge in [0, 0.05) is 0 Å². The fraction of sp³-hybridized carbons (Fsp3) is 0. The molecule has 0 aliphatic rings.